The summed E-state index contributed by atoms with van der Waals surface area (Å²) in [6.45, 7) is 2.04. The normalized spacial score (nSPS) is 14.1. The minimum atomic E-state index is -4.00. The molecular weight excluding hydrogens is 474 g/mol. The first-order valence-corrected chi connectivity index (χ1v) is 12.7. The van der Waals surface area contributed by atoms with Gasteiger partial charge in [0.15, 0.2) is 0 Å². The number of amides is 1. The average molecular weight is 500 g/mol. The summed E-state index contributed by atoms with van der Waals surface area (Å²) < 4.78 is 33.4. The molecule has 1 heterocycles. The summed E-state index contributed by atoms with van der Waals surface area (Å²) in [6.07, 6.45) is 0. The summed E-state index contributed by atoms with van der Waals surface area (Å²) >= 11 is 6.28. The van der Waals surface area contributed by atoms with Crippen LogP contribution in [0.2, 0.25) is 5.02 Å². The molecule has 4 rings (SSSR count). The van der Waals surface area contributed by atoms with E-state index in [2.05, 4.69) is 4.90 Å². The van der Waals surface area contributed by atoms with Crippen molar-refractivity contribution in [3.63, 3.8) is 0 Å². The summed E-state index contributed by atoms with van der Waals surface area (Å²) in [4.78, 5) is 17.3. The van der Waals surface area contributed by atoms with Crippen molar-refractivity contribution in [1.29, 1.82) is 0 Å². The van der Waals surface area contributed by atoms with Gasteiger partial charge in [0, 0.05) is 31.9 Å². The summed E-state index contributed by atoms with van der Waals surface area (Å²) in [5, 5.41) is 0.261. The maximum Gasteiger partial charge on any atom is 0.264 e. The SMILES string of the molecule is COc1ccc(N(CC(=O)N2CCN(c3ccccc3)CC2)S(=O)(=O)c2ccccc2)cc1Cl. The number of carbonyl (C=O) groups excluding carboxylic acids is 1. The number of nitrogens with zero attached hydrogens (tertiary/aromatic N) is 3. The summed E-state index contributed by atoms with van der Waals surface area (Å²) in [6, 6.07) is 22.8. The van der Waals surface area contributed by atoms with E-state index in [1.54, 1.807) is 35.2 Å². The molecule has 1 aliphatic rings. The van der Waals surface area contributed by atoms with Crippen LogP contribution in [0.1, 0.15) is 0 Å². The first-order valence-electron chi connectivity index (χ1n) is 10.9. The third-order valence-corrected chi connectivity index (χ3v) is 7.87. The number of sulfonamides is 1. The molecule has 0 bridgehead atoms. The van der Waals surface area contributed by atoms with E-state index in [0.29, 0.717) is 37.6 Å². The molecule has 3 aromatic rings. The number of carbonyl (C=O) groups is 1. The highest BCUT2D eigenvalue weighted by molar-refractivity contribution is 7.92. The van der Waals surface area contributed by atoms with Crippen LogP contribution in [0, 0.1) is 0 Å². The molecule has 1 saturated heterocycles. The van der Waals surface area contributed by atoms with Gasteiger partial charge in [-0.25, -0.2) is 8.42 Å². The highest BCUT2D eigenvalue weighted by atomic mass is 35.5. The Balaban J connectivity index is 1.56. The molecule has 178 valence electrons. The Bertz CT molecular complexity index is 1230. The van der Waals surface area contributed by atoms with Gasteiger partial charge in [-0.3, -0.25) is 9.10 Å². The summed E-state index contributed by atoms with van der Waals surface area (Å²) in [7, 11) is -2.52. The Morgan fingerprint density at radius 2 is 1.56 bits per heavy atom. The minimum Gasteiger partial charge on any atom is -0.495 e. The van der Waals surface area contributed by atoms with Gasteiger partial charge in [0.1, 0.15) is 12.3 Å². The fourth-order valence-corrected chi connectivity index (χ4v) is 5.60. The van der Waals surface area contributed by atoms with Crippen LogP contribution in [0.15, 0.2) is 83.8 Å². The van der Waals surface area contributed by atoms with Gasteiger partial charge in [0.2, 0.25) is 5.91 Å². The van der Waals surface area contributed by atoms with Crippen LogP contribution in [-0.2, 0) is 14.8 Å². The van der Waals surface area contributed by atoms with Crippen molar-refractivity contribution in [2.45, 2.75) is 4.90 Å². The largest absolute Gasteiger partial charge is 0.495 e. The van der Waals surface area contributed by atoms with Crippen LogP contribution >= 0.6 is 11.6 Å². The number of methoxy groups -OCH3 is 1. The van der Waals surface area contributed by atoms with E-state index in [1.807, 2.05) is 30.3 Å². The number of halogens is 1. The highest BCUT2D eigenvalue weighted by Gasteiger charge is 2.30. The van der Waals surface area contributed by atoms with Crippen LogP contribution in [-0.4, -0.2) is 59.1 Å². The maximum absolute atomic E-state index is 13.5. The molecule has 0 atom stereocenters. The molecule has 1 amide bonds. The van der Waals surface area contributed by atoms with Gasteiger partial charge in [-0.15, -0.1) is 0 Å². The number of hydrogen-bond acceptors (Lipinski definition) is 5. The van der Waals surface area contributed by atoms with Crippen molar-refractivity contribution in [2.24, 2.45) is 0 Å². The number of benzene rings is 3. The number of rotatable bonds is 7. The molecule has 7 nitrogen and oxygen atoms in total. The topological polar surface area (TPSA) is 70.2 Å². The van der Waals surface area contributed by atoms with E-state index >= 15 is 0 Å². The Kier molecular flexibility index (Phi) is 7.29. The van der Waals surface area contributed by atoms with Crippen molar-refractivity contribution in [1.82, 2.24) is 4.90 Å². The first-order chi connectivity index (χ1) is 16.4. The molecule has 34 heavy (non-hydrogen) atoms. The van der Waals surface area contributed by atoms with Gasteiger partial charge >= 0.3 is 0 Å². The van der Waals surface area contributed by atoms with Crippen LogP contribution < -0.4 is 13.9 Å². The van der Waals surface area contributed by atoms with Crippen molar-refractivity contribution in [3.05, 3.63) is 83.9 Å². The lowest BCUT2D eigenvalue weighted by atomic mass is 10.2. The second kappa shape index (κ2) is 10.4. The lowest BCUT2D eigenvalue weighted by molar-refractivity contribution is -0.129. The van der Waals surface area contributed by atoms with Crippen LogP contribution in [0.3, 0.4) is 0 Å². The summed E-state index contributed by atoms with van der Waals surface area (Å²) in [5.41, 5.74) is 1.40. The number of ether oxygens (including phenoxy) is 1. The van der Waals surface area contributed by atoms with Crippen molar-refractivity contribution in [3.8, 4) is 5.75 Å². The smallest absolute Gasteiger partial charge is 0.264 e. The zero-order valence-electron chi connectivity index (χ0n) is 18.8. The quantitative estimate of drug-likeness (QED) is 0.493. The van der Waals surface area contributed by atoms with Gasteiger partial charge in [0.25, 0.3) is 10.0 Å². The molecule has 0 unspecified atom stereocenters. The van der Waals surface area contributed by atoms with Crippen molar-refractivity contribution >= 4 is 38.9 Å². The van der Waals surface area contributed by atoms with E-state index in [1.165, 1.54) is 25.3 Å². The fourth-order valence-electron chi connectivity index (χ4n) is 3.92. The molecular formula is C25H26ClN3O4S. The molecule has 3 aromatic carbocycles. The minimum absolute atomic E-state index is 0.101. The van der Waals surface area contributed by atoms with Crippen LogP contribution in [0.4, 0.5) is 11.4 Å². The van der Waals surface area contributed by atoms with E-state index in [-0.39, 0.29) is 22.4 Å². The van der Waals surface area contributed by atoms with Crippen molar-refractivity contribution in [2.75, 3.05) is 49.0 Å². The van der Waals surface area contributed by atoms with Gasteiger partial charge in [-0.2, -0.15) is 0 Å². The van der Waals surface area contributed by atoms with Gasteiger partial charge < -0.3 is 14.5 Å². The van der Waals surface area contributed by atoms with Crippen LogP contribution in [0.5, 0.6) is 5.75 Å². The number of para-hydroxylation sites is 1. The molecule has 0 radical (unpaired) electrons. The zero-order valence-corrected chi connectivity index (χ0v) is 20.4. The molecule has 0 spiro atoms. The standard InChI is InChI=1S/C25H26ClN3O4S/c1-33-24-13-12-21(18-23(24)26)29(34(31,32)22-10-6-3-7-11-22)19-25(30)28-16-14-27(15-17-28)20-8-4-2-5-9-20/h2-13,18H,14-17,19H2,1H3. The molecule has 0 N–H and O–H groups in total. The van der Waals surface area contributed by atoms with Gasteiger partial charge in [0.05, 0.1) is 22.7 Å². The van der Waals surface area contributed by atoms with E-state index in [0.717, 1.165) is 9.99 Å². The van der Waals surface area contributed by atoms with E-state index < -0.39 is 10.0 Å². The van der Waals surface area contributed by atoms with Gasteiger partial charge in [-0.1, -0.05) is 48.0 Å². The average Bonchev–Trinajstić information content (AvgIpc) is 2.88. The zero-order chi connectivity index (χ0) is 24.1. The fraction of sp³-hybridized carbons (Fsp3) is 0.240. The second-order valence-electron chi connectivity index (χ2n) is 7.85. The third-order valence-electron chi connectivity index (χ3n) is 5.79. The highest BCUT2D eigenvalue weighted by Crippen LogP contribution is 2.32. The second-order valence-corrected chi connectivity index (χ2v) is 10.1. The Morgan fingerprint density at radius 3 is 2.15 bits per heavy atom. The molecule has 9 heteroatoms. The molecule has 1 fully saturated rings. The maximum atomic E-state index is 13.5. The molecule has 0 aromatic heterocycles. The lowest BCUT2D eigenvalue weighted by Crippen LogP contribution is -2.52. The number of hydrogen-bond donors (Lipinski definition) is 0. The predicted octanol–water partition coefficient (Wildman–Crippen LogP) is 3.89. The van der Waals surface area contributed by atoms with E-state index in [4.69, 9.17) is 16.3 Å². The lowest BCUT2D eigenvalue weighted by Gasteiger charge is -2.37. The Morgan fingerprint density at radius 1 is 0.941 bits per heavy atom. The first kappa shape index (κ1) is 23.9. The van der Waals surface area contributed by atoms with E-state index in [9.17, 15) is 13.2 Å². The van der Waals surface area contributed by atoms with Crippen LogP contribution in [0.25, 0.3) is 0 Å². The molecule has 0 aliphatic carbocycles. The molecule has 1 aliphatic heterocycles. The monoisotopic (exact) mass is 499 g/mol. The third kappa shape index (κ3) is 5.13. The van der Waals surface area contributed by atoms with Gasteiger partial charge in [-0.05, 0) is 42.5 Å². The van der Waals surface area contributed by atoms with Crippen molar-refractivity contribution < 1.29 is 17.9 Å². The molecule has 0 saturated carbocycles. The number of anilines is 2. The number of piperazine rings is 1. The summed E-state index contributed by atoms with van der Waals surface area (Å²) in [5.74, 6) is 0.157. The Labute approximate surface area is 205 Å². The Hall–Kier alpha value is -3.23. The predicted molar refractivity (Wildman–Crippen MR) is 134 cm³/mol.